The Bertz CT molecular complexity index is 1270. The number of fused-ring (bicyclic) bond motifs is 3. The Balaban J connectivity index is 1.42. The van der Waals surface area contributed by atoms with Crippen LogP contribution in [0, 0.1) is 5.82 Å². The van der Waals surface area contributed by atoms with Crippen molar-refractivity contribution in [2.45, 2.75) is 6.50 Å². The lowest BCUT2D eigenvalue weighted by atomic mass is 10.2. The summed E-state index contributed by atoms with van der Waals surface area (Å²) in [5, 5.41) is 0.570. The Labute approximate surface area is 164 Å². The van der Waals surface area contributed by atoms with Crippen molar-refractivity contribution in [1.29, 1.82) is 0 Å². The normalized spacial score (nSPS) is 17.1. The molecule has 1 fully saturated rings. The zero-order valence-corrected chi connectivity index (χ0v) is 15.2. The standard InChI is InChI=1S/C22H21FN4O/c23-17-5-7-18(8-6-17)26-11-9-25(10-12-26)14-16-13-21-24-22(28)19-3-1-2-4-20(19)27(21)15-16/h1-8,13,15H,9-12,14H2,(H,24,28)/i14D2. The van der Waals surface area contributed by atoms with Gasteiger partial charge >= 0.3 is 0 Å². The van der Waals surface area contributed by atoms with Gasteiger partial charge in [0.1, 0.15) is 11.5 Å². The van der Waals surface area contributed by atoms with Crippen LogP contribution in [0.4, 0.5) is 10.1 Å². The number of hydrogen-bond acceptors (Lipinski definition) is 3. The van der Waals surface area contributed by atoms with E-state index in [0.717, 1.165) is 11.2 Å². The summed E-state index contributed by atoms with van der Waals surface area (Å²) in [6.07, 6.45) is 1.76. The molecule has 0 bridgehead atoms. The highest BCUT2D eigenvalue weighted by Crippen LogP contribution is 2.19. The fourth-order valence-corrected chi connectivity index (χ4v) is 3.79. The Hall–Kier alpha value is -3.12. The van der Waals surface area contributed by atoms with E-state index in [1.165, 1.54) is 12.1 Å². The summed E-state index contributed by atoms with van der Waals surface area (Å²) in [6, 6.07) is 15.4. The summed E-state index contributed by atoms with van der Waals surface area (Å²) >= 11 is 0. The molecule has 28 heavy (non-hydrogen) atoms. The lowest BCUT2D eigenvalue weighted by Crippen LogP contribution is -2.45. The maximum absolute atomic E-state index is 13.2. The third-order valence-corrected chi connectivity index (χ3v) is 5.23. The first-order valence-electron chi connectivity index (χ1n) is 10.3. The summed E-state index contributed by atoms with van der Waals surface area (Å²) in [5.41, 5.74) is 2.58. The molecule has 2 aromatic heterocycles. The van der Waals surface area contributed by atoms with Crippen molar-refractivity contribution in [3.05, 3.63) is 82.5 Å². The molecule has 3 heterocycles. The molecule has 6 heteroatoms. The molecule has 0 amide bonds. The van der Waals surface area contributed by atoms with Crippen LogP contribution in [0.3, 0.4) is 0 Å². The fourth-order valence-electron chi connectivity index (χ4n) is 3.79. The first-order chi connectivity index (χ1) is 14.4. The molecule has 0 aliphatic carbocycles. The number of aromatic amines is 1. The summed E-state index contributed by atoms with van der Waals surface area (Å²) < 4.78 is 32.5. The molecule has 1 aliphatic heterocycles. The maximum atomic E-state index is 13.2. The van der Waals surface area contributed by atoms with Gasteiger partial charge in [-0.1, -0.05) is 12.1 Å². The van der Waals surface area contributed by atoms with Gasteiger partial charge in [0.05, 0.1) is 10.9 Å². The number of H-pyrrole nitrogens is 1. The minimum absolute atomic E-state index is 0.184. The highest BCUT2D eigenvalue weighted by atomic mass is 19.1. The van der Waals surface area contributed by atoms with Gasteiger partial charge in [0.25, 0.3) is 5.56 Å². The number of para-hydroxylation sites is 1. The van der Waals surface area contributed by atoms with E-state index in [2.05, 4.69) is 9.88 Å². The summed E-state index contributed by atoms with van der Waals surface area (Å²) in [6.45, 7) is 0.692. The number of piperazine rings is 1. The second-order valence-corrected chi connectivity index (χ2v) is 7.02. The second-order valence-electron chi connectivity index (χ2n) is 7.02. The predicted molar refractivity (Wildman–Crippen MR) is 109 cm³/mol. The number of hydrogen-bond donors (Lipinski definition) is 1. The van der Waals surface area contributed by atoms with Crippen molar-refractivity contribution in [2.24, 2.45) is 0 Å². The Kier molecular flexibility index (Phi) is 3.61. The zero-order valence-electron chi connectivity index (χ0n) is 17.2. The first-order valence-corrected chi connectivity index (χ1v) is 9.33. The second kappa shape index (κ2) is 6.80. The van der Waals surface area contributed by atoms with Crippen LogP contribution in [0.15, 0.2) is 65.6 Å². The van der Waals surface area contributed by atoms with Crippen molar-refractivity contribution in [2.75, 3.05) is 31.1 Å². The van der Waals surface area contributed by atoms with E-state index in [9.17, 15) is 9.18 Å². The molecule has 5 nitrogen and oxygen atoms in total. The van der Waals surface area contributed by atoms with Gasteiger partial charge in [0.15, 0.2) is 0 Å². The molecule has 0 atom stereocenters. The van der Waals surface area contributed by atoms with E-state index in [-0.39, 0.29) is 11.4 Å². The van der Waals surface area contributed by atoms with Crippen molar-refractivity contribution in [3.8, 4) is 0 Å². The molecule has 0 unspecified atom stereocenters. The minimum atomic E-state index is -1.68. The van der Waals surface area contributed by atoms with Crippen molar-refractivity contribution >= 4 is 22.2 Å². The quantitative estimate of drug-likeness (QED) is 0.595. The molecule has 1 aliphatic rings. The van der Waals surface area contributed by atoms with Gasteiger partial charge in [-0.3, -0.25) is 9.69 Å². The number of aromatic nitrogens is 2. The SMILES string of the molecule is [2H]C([2H])(c1cc2[nH]c(=O)c3ccccc3n2c1)N1CCN(c2ccc(F)cc2)CC1. The minimum Gasteiger partial charge on any atom is -0.369 e. The van der Waals surface area contributed by atoms with Crippen molar-refractivity contribution < 1.29 is 7.13 Å². The molecular weight excluding hydrogens is 355 g/mol. The molecule has 1 N–H and O–H groups in total. The third kappa shape index (κ3) is 3.05. The number of halogens is 1. The number of benzene rings is 2. The third-order valence-electron chi connectivity index (χ3n) is 5.23. The van der Waals surface area contributed by atoms with E-state index >= 15 is 0 Å². The van der Waals surface area contributed by atoms with E-state index in [4.69, 9.17) is 2.74 Å². The predicted octanol–water partition coefficient (Wildman–Crippen LogP) is 3.24. The molecule has 0 spiro atoms. The summed E-state index contributed by atoms with van der Waals surface area (Å²) in [4.78, 5) is 19.1. The summed E-state index contributed by atoms with van der Waals surface area (Å²) in [5.74, 6) is -0.264. The number of rotatable bonds is 3. The maximum Gasteiger partial charge on any atom is 0.258 e. The topological polar surface area (TPSA) is 43.8 Å². The highest BCUT2D eigenvalue weighted by molar-refractivity contribution is 5.80. The van der Waals surface area contributed by atoms with Gasteiger partial charge in [0.2, 0.25) is 0 Å². The van der Waals surface area contributed by atoms with Crippen LogP contribution in [0.1, 0.15) is 8.30 Å². The Morgan fingerprint density at radius 2 is 1.79 bits per heavy atom. The lowest BCUT2D eigenvalue weighted by Gasteiger charge is -2.36. The summed E-state index contributed by atoms with van der Waals surface area (Å²) in [7, 11) is 0. The van der Waals surface area contributed by atoms with Crippen LogP contribution in [0.2, 0.25) is 0 Å². The van der Waals surface area contributed by atoms with Gasteiger partial charge in [-0.05, 0) is 48.0 Å². The molecular formula is C22H21FN4O. The Morgan fingerprint density at radius 3 is 2.57 bits per heavy atom. The molecule has 1 saturated heterocycles. The van der Waals surface area contributed by atoms with E-state index in [0.29, 0.717) is 42.8 Å². The molecule has 5 rings (SSSR count). The Morgan fingerprint density at radius 1 is 1.04 bits per heavy atom. The largest absolute Gasteiger partial charge is 0.369 e. The van der Waals surface area contributed by atoms with Crippen molar-refractivity contribution in [1.82, 2.24) is 14.3 Å². The zero-order chi connectivity index (χ0) is 20.9. The van der Waals surface area contributed by atoms with Gasteiger partial charge in [-0.15, -0.1) is 0 Å². The molecule has 0 saturated carbocycles. The van der Waals surface area contributed by atoms with Crippen LogP contribution in [-0.4, -0.2) is 40.5 Å². The fraction of sp³-hybridized carbons (Fsp3) is 0.227. The lowest BCUT2D eigenvalue weighted by molar-refractivity contribution is 0.250. The van der Waals surface area contributed by atoms with Crippen LogP contribution in [0.5, 0.6) is 0 Å². The van der Waals surface area contributed by atoms with Gasteiger partial charge in [0, 0.05) is 47.3 Å². The monoisotopic (exact) mass is 378 g/mol. The van der Waals surface area contributed by atoms with Crippen LogP contribution in [0.25, 0.3) is 16.6 Å². The van der Waals surface area contributed by atoms with Crippen LogP contribution in [-0.2, 0) is 6.50 Å². The molecule has 0 radical (unpaired) electrons. The number of anilines is 1. The van der Waals surface area contributed by atoms with Crippen LogP contribution >= 0.6 is 0 Å². The van der Waals surface area contributed by atoms with Crippen LogP contribution < -0.4 is 10.5 Å². The number of nitrogens with zero attached hydrogens (tertiary/aromatic N) is 3. The average molecular weight is 378 g/mol. The van der Waals surface area contributed by atoms with Crippen molar-refractivity contribution in [3.63, 3.8) is 0 Å². The van der Waals surface area contributed by atoms with Gasteiger partial charge in [-0.25, -0.2) is 4.39 Å². The first kappa shape index (κ1) is 14.9. The average Bonchev–Trinajstić information content (AvgIpc) is 3.20. The smallest absolute Gasteiger partial charge is 0.258 e. The molecule has 142 valence electrons. The number of nitrogens with one attached hydrogen (secondary N) is 1. The van der Waals surface area contributed by atoms with Gasteiger partial charge < -0.3 is 14.3 Å². The van der Waals surface area contributed by atoms with E-state index in [1.807, 2.05) is 27.5 Å². The molecule has 2 aromatic carbocycles. The van der Waals surface area contributed by atoms with Gasteiger partial charge in [-0.2, -0.15) is 0 Å². The molecule has 4 aromatic rings. The van der Waals surface area contributed by atoms with E-state index < -0.39 is 6.50 Å². The van der Waals surface area contributed by atoms with E-state index in [1.54, 1.807) is 30.5 Å². The highest BCUT2D eigenvalue weighted by Gasteiger charge is 2.18.